The average molecular weight is 232 g/mol. The van der Waals surface area contributed by atoms with Gasteiger partial charge in [-0.2, -0.15) is 0 Å². The molecule has 0 amide bonds. The summed E-state index contributed by atoms with van der Waals surface area (Å²) in [6, 6.07) is 11.5. The van der Waals surface area contributed by atoms with Gasteiger partial charge in [-0.1, -0.05) is 30.3 Å². The van der Waals surface area contributed by atoms with Crippen LogP contribution < -0.4 is 0 Å². The Hall–Kier alpha value is -0.860. The first-order chi connectivity index (χ1) is 8.25. The molecule has 0 aromatic heterocycles. The molecule has 1 aliphatic heterocycles. The smallest absolute Gasteiger partial charge is 0.0220 e. The molecule has 0 N–H and O–H groups in total. The maximum atomic E-state index is 2.53. The van der Waals surface area contributed by atoms with E-state index in [2.05, 4.69) is 54.2 Å². The zero-order valence-corrected chi connectivity index (χ0v) is 11.1. The van der Waals surface area contributed by atoms with E-state index in [-0.39, 0.29) is 0 Å². The summed E-state index contributed by atoms with van der Waals surface area (Å²) >= 11 is 0. The molecule has 1 aromatic carbocycles. The molecule has 0 bridgehead atoms. The predicted octanol–water partition coefficient (Wildman–Crippen LogP) is 2.26. The van der Waals surface area contributed by atoms with Crippen LogP contribution in [-0.4, -0.2) is 49.6 Å². The lowest BCUT2D eigenvalue weighted by Gasteiger charge is -2.35. The quantitative estimate of drug-likeness (QED) is 0.785. The van der Waals surface area contributed by atoms with Crippen LogP contribution in [0.1, 0.15) is 18.4 Å². The highest BCUT2D eigenvalue weighted by Crippen LogP contribution is 2.13. The van der Waals surface area contributed by atoms with Crippen LogP contribution >= 0.6 is 0 Å². The van der Waals surface area contributed by atoms with E-state index in [1.165, 1.54) is 38.0 Å². The summed E-state index contributed by atoms with van der Waals surface area (Å²) in [6.07, 6.45) is 3.87. The minimum Gasteiger partial charge on any atom is -0.305 e. The Kier molecular flexibility index (Phi) is 4.57. The molecule has 1 saturated heterocycles. The molecule has 2 rings (SSSR count). The Morgan fingerprint density at radius 2 is 2.06 bits per heavy atom. The Morgan fingerprint density at radius 3 is 2.76 bits per heavy atom. The number of hydrogen-bond acceptors (Lipinski definition) is 2. The Labute approximate surface area is 105 Å². The summed E-state index contributed by atoms with van der Waals surface area (Å²) in [7, 11) is 4.50. The van der Waals surface area contributed by atoms with Crippen molar-refractivity contribution in [3.05, 3.63) is 35.9 Å². The van der Waals surface area contributed by atoms with Crippen molar-refractivity contribution < 1.29 is 0 Å². The van der Waals surface area contributed by atoms with Crippen LogP contribution in [-0.2, 0) is 6.42 Å². The van der Waals surface area contributed by atoms with Crippen LogP contribution in [0.2, 0.25) is 0 Å². The van der Waals surface area contributed by atoms with E-state index in [0.717, 1.165) is 12.5 Å². The molecule has 0 aliphatic carbocycles. The summed E-state index contributed by atoms with van der Waals surface area (Å²) < 4.78 is 0. The fourth-order valence-corrected chi connectivity index (χ4v) is 2.63. The van der Waals surface area contributed by atoms with Crippen LogP contribution in [0.25, 0.3) is 0 Å². The van der Waals surface area contributed by atoms with Crippen LogP contribution in [0, 0.1) is 0 Å². The predicted molar refractivity (Wildman–Crippen MR) is 73.3 cm³/mol. The second kappa shape index (κ2) is 6.18. The summed E-state index contributed by atoms with van der Waals surface area (Å²) in [4.78, 5) is 4.98. The summed E-state index contributed by atoms with van der Waals surface area (Å²) in [5.74, 6) is 0. The summed E-state index contributed by atoms with van der Waals surface area (Å²) in [5.41, 5.74) is 1.45. The van der Waals surface area contributed by atoms with E-state index in [0.29, 0.717) is 0 Å². The SMILES string of the molecule is CN1CCCC(N(C)CCc2ccccc2)C1. The van der Waals surface area contributed by atoms with Gasteiger partial charge in [0.05, 0.1) is 0 Å². The maximum absolute atomic E-state index is 2.53. The standard InChI is InChI=1S/C15H24N2/c1-16-11-6-9-15(13-16)17(2)12-10-14-7-4-3-5-8-14/h3-5,7-8,15H,6,9-13H2,1-2H3. The molecule has 2 nitrogen and oxygen atoms in total. The van der Waals surface area contributed by atoms with E-state index in [4.69, 9.17) is 0 Å². The lowest BCUT2D eigenvalue weighted by atomic mass is 10.0. The molecule has 1 aliphatic rings. The number of likely N-dealkylation sites (N-methyl/N-ethyl adjacent to an activating group) is 2. The van der Waals surface area contributed by atoms with Crippen LogP contribution in [0.5, 0.6) is 0 Å². The van der Waals surface area contributed by atoms with Crippen molar-refractivity contribution in [2.45, 2.75) is 25.3 Å². The molecule has 0 spiro atoms. The monoisotopic (exact) mass is 232 g/mol. The highest BCUT2D eigenvalue weighted by molar-refractivity contribution is 5.14. The van der Waals surface area contributed by atoms with Gasteiger partial charge in [0.25, 0.3) is 0 Å². The first kappa shape index (κ1) is 12.6. The molecule has 2 heteroatoms. The number of rotatable bonds is 4. The van der Waals surface area contributed by atoms with Crippen molar-refractivity contribution in [2.24, 2.45) is 0 Å². The topological polar surface area (TPSA) is 6.48 Å². The fourth-order valence-electron chi connectivity index (χ4n) is 2.63. The minimum atomic E-state index is 0.748. The molecular weight excluding hydrogens is 208 g/mol. The van der Waals surface area contributed by atoms with Crippen LogP contribution in [0.4, 0.5) is 0 Å². The zero-order chi connectivity index (χ0) is 12.1. The van der Waals surface area contributed by atoms with Crippen molar-refractivity contribution in [3.8, 4) is 0 Å². The minimum absolute atomic E-state index is 0.748. The van der Waals surface area contributed by atoms with Gasteiger partial charge in [0.2, 0.25) is 0 Å². The number of hydrogen-bond donors (Lipinski definition) is 0. The van der Waals surface area contributed by atoms with Crippen molar-refractivity contribution in [3.63, 3.8) is 0 Å². The molecule has 0 saturated carbocycles. The van der Waals surface area contributed by atoms with Gasteiger partial charge in [0, 0.05) is 19.1 Å². The van der Waals surface area contributed by atoms with Crippen molar-refractivity contribution >= 4 is 0 Å². The third-order valence-electron chi connectivity index (χ3n) is 3.82. The van der Waals surface area contributed by atoms with Crippen LogP contribution in [0.3, 0.4) is 0 Å². The van der Waals surface area contributed by atoms with Gasteiger partial charge in [-0.05, 0) is 45.5 Å². The second-order valence-corrected chi connectivity index (χ2v) is 5.27. The maximum Gasteiger partial charge on any atom is 0.0220 e. The molecule has 17 heavy (non-hydrogen) atoms. The summed E-state index contributed by atoms with van der Waals surface area (Å²) in [6.45, 7) is 3.66. The summed E-state index contributed by atoms with van der Waals surface area (Å²) in [5, 5.41) is 0. The number of piperidine rings is 1. The molecule has 1 unspecified atom stereocenters. The highest BCUT2D eigenvalue weighted by Gasteiger charge is 2.20. The van der Waals surface area contributed by atoms with Gasteiger partial charge in [0.1, 0.15) is 0 Å². The molecule has 1 heterocycles. The first-order valence-corrected chi connectivity index (χ1v) is 6.68. The lowest BCUT2D eigenvalue weighted by Crippen LogP contribution is -2.45. The van der Waals surface area contributed by atoms with Crippen molar-refractivity contribution in [2.75, 3.05) is 33.7 Å². The largest absolute Gasteiger partial charge is 0.305 e. The third kappa shape index (κ3) is 3.83. The van der Waals surface area contributed by atoms with Crippen molar-refractivity contribution in [1.82, 2.24) is 9.80 Å². The molecule has 1 aromatic rings. The lowest BCUT2D eigenvalue weighted by molar-refractivity contribution is 0.135. The Morgan fingerprint density at radius 1 is 1.29 bits per heavy atom. The average Bonchev–Trinajstić information content (AvgIpc) is 2.37. The van der Waals surface area contributed by atoms with E-state index >= 15 is 0 Å². The number of likely N-dealkylation sites (tertiary alicyclic amines) is 1. The van der Waals surface area contributed by atoms with Gasteiger partial charge in [-0.15, -0.1) is 0 Å². The van der Waals surface area contributed by atoms with Gasteiger partial charge in [0.15, 0.2) is 0 Å². The fraction of sp³-hybridized carbons (Fsp3) is 0.600. The number of nitrogens with zero attached hydrogens (tertiary/aromatic N) is 2. The normalized spacial score (nSPS) is 21.9. The zero-order valence-electron chi connectivity index (χ0n) is 11.1. The highest BCUT2D eigenvalue weighted by atomic mass is 15.2. The first-order valence-electron chi connectivity index (χ1n) is 6.68. The van der Waals surface area contributed by atoms with E-state index in [1.807, 2.05) is 0 Å². The molecular formula is C15H24N2. The van der Waals surface area contributed by atoms with E-state index < -0.39 is 0 Å². The Balaban J connectivity index is 1.79. The van der Waals surface area contributed by atoms with Crippen molar-refractivity contribution in [1.29, 1.82) is 0 Å². The van der Waals surface area contributed by atoms with Gasteiger partial charge >= 0.3 is 0 Å². The van der Waals surface area contributed by atoms with Gasteiger partial charge in [-0.3, -0.25) is 0 Å². The third-order valence-corrected chi connectivity index (χ3v) is 3.82. The number of benzene rings is 1. The molecule has 1 fully saturated rings. The molecule has 1 atom stereocenters. The molecule has 94 valence electrons. The van der Waals surface area contributed by atoms with Gasteiger partial charge < -0.3 is 9.80 Å². The molecule has 0 radical (unpaired) electrons. The van der Waals surface area contributed by atoms with Gasteiger partial charge in [-0.25, -0.2) is 0 Å². The Bertz CT molecular complexity index is 323. The van der Waals surface area contributed by atoms with E-state index in [9.17, 15) is 0 Å². The second-order valence-electron chi connectivity index (χ2n) is 5.27. The van der Waals surface area contributed by atoms with E-state index in [1.54, 1.807) is 0 Å². The van der Waals surface area contributed by atoms with Crippen LogP contribution in [0.15, 0.2) is 30.3 Å².